The molecule has 2 atom stereocenters. The van der Waals surface area contributed by atoms with Gasteiger partial charge in [-0.05, 0) is 67.8 Å². The molecular formula is C22H28O4. The van der Waals surface area contributed by atoms with Crippen molar-refractivity contribution < 1.29 is 18.9 Å². The lowest BCUT2D eigenvalue weighted by atomic mass is 9.48. The van der Waals surface area contributed by atoms with Gasteiger partial charge in [0.1, 0.15) is 36.9 Å². The smallest absolute Gasteiger partial charge is 0.126 e. The second-order valence-corrected chi connectivity index (χ2v) is 9.39. The normalized spacial score (nSPS) is 41.9. The van der Waals surface area contributed by atoms with Crippen LogP contribution in [0.1, 0.15) is 44.1 Å². The van der Waals surface area contributed by atoms with Gasteiger partial charge in [-0.25, -0.2) is 0 Å². The van der Waals surface area contributed by atoms with Gasteiger partial charge in [0.2, 0.25) is 0 Å². The minimum absolute atomic E-state index is 0.280. The average molecular weight is 356 g/mol. The van der Waals surface area contributed by atoms with Crippen LogP contribution in [-0.4, -0.2) is 38.6 Å². The van der Waals surface area contributed by atoms with Gasteiger partial charge in [-0.15, -0.1) is 0 Å². The largest absolute Gasteiger partial charge is 0.491 e. The van der Waals surface area contributed by atoms with E-state index >= 15 is 0 Å². The minimum Gasteiger partial charge on any atom is -0.491 e. The van der Waals surface area contributed by atoms with E-state index in [1.54, 1.807) is 0 Å². The molecule has 0 radical (unpaired) electrons. The van der Waals surface area contributed by atoms with Gasteiger partial charge >= 0.3 is 0 Å². The lowest BCUT2D eigenvalue weighted by Gasteiger charge is -2.57. The Labute approximate surface area is 155 Å². The molecule has 140 valence electrons. The summed E-state index contributed by atoms with van der Waals surface area (Å²) >= 11 is 0. The highest BCUT2D eigenvalue weighted by Crippen LogP contribution is 2.62. The first kappa shape index (κ1) is 15.8. The van der Waals surface area contributed by atoms with Crippen LogP contribution in [0.5, 0.6) is 11.5 Å². The van der Waals surface area contributed by atoms with Crippen molar-refractivity contribution in [2.75, 3.05) is 26.4 Å². The van der Waals surface area contributed by atoms with Crippen molar-refractivity contribution in [1.29, 1.82) is 0 Å². The first-order chi connectivity index (χ1) is 12.8. The molecule has 0 aromatic heterocycles. The molecule has 0 spiro atoms. The summed E-state index contributed by atoms with van der Waals surface area (Å²) in [4.78, 5) is 0. The number of hydrogen-bond acceptors (Lipinski definition) is 4. The summed E-state index contributed by atoms with van der Waals surface area (Å²) < 4.78 is 22.8. The van der Waals surface area contributed by atoms with E-state index in [1.165, 1.54) is 44.1 Å². The third-order valence-electron chi connectivity index (χ3n) is 7.23. The topological polar surface area (TPSA) is 43.5 Å². The van der Waals surface area contributed by atoms with Crippen LogP contribution in [0.4, 0.5) is 0 Å². The molecule has 4 nitrogen and oxygen atoms in total. The molecule has 0 amide bonds. The number of hydrogen-bond donors (Lipinski definition) is 0. The van der Waals surface area contributed by atoms with E-state index in [1.807, 2.05) is 0 Å². The zero-order valence-corrected chi connectivity index (χ0v) is 15.3. The third kappa shape index (κ3) is 2.91. The maximum atomic E-state index is 6.28. The summed E-state index contributed by atoms with van der Waals surface area (Å²) in [7, 11) is 0. The van der Waals surface area contributed by atoms with Gasteiger partial charge in [-0.2, -0.15) is 0 Å². The zero-order valence-electron chi connectivity index (χ0n) is 15.3. The highest BCUT2D eigenvalue weighted by atomic mass is 16.6. The summed E-state index contributed by atoms with van der Waals surface area (Å²) in [5, 5.41) is 0. The summed E-state index contributed by atoms with van der Waals surface area (Å²) in [6.45, 7) is 2.96. The molecule has 7 rings (SSSR count). The van der Waals surface area contributed by atoms with Crippen molar-refractivity contribution in [3.05, 3.63) is 23.8 Å². The molecule has 2 saturated heterocycles. The molecule has 6 fully saturated rings. The maximum absolute atomic E-state index is 6.28. The molecule has 4 bridgehead atoms. The van der Waals surface area contributed by atoms with Crippen LogP contribution in [-0.2, 0) is 14.9 Å². The number of ether oxygens (including phenoxy) is 4. The minimum atomic E-state index is 0.280. The Morgan fingerprint density at radius 1 is 0.846 bits per heavy atom. The molecule has 26 heavy (non-hydrogen) atoms. The predicted molar refractivity (Wildman–Crippen MR) is 96.8 cm³/mol. The summed E-state index contributed by atoms with van der Waals surface area (Å²) in [5.41, 5.74) is 1.78. The second kappa shape index (κ2) is 5.87. The maximum Gasteiger partial charge on any atom is 0.126 e. The van der Waals surface area contributed by atoms with Crippen molar-refractivity contribution in [1.82, 2.24) is 0 Å². The quantitative estimate of drug-likeness (QED) is 0.699. The van der Waals surface area contributed by atoms with Gasteiger partial charge in [-0.1, -0.05) is 6.07 Å². The van der Waals surface area contributed by atoms with E-state index in [-0.39, 0.29) is 12.2 Å². The molecule has 4 heteroatoms. The lowest BCUT2D eigenvalue weighted by Crippen LogP contribution is -2.48. The molecule has 0 N–H and O–H groups in total. The first-order valence-corrected chi connectivity index (χ1v) is 10.4. The Hall–Kier alpha value is -1.26. The monoisotopic (exact) mass is 356 g/mol. The SMILES string of the molecule is c1cc(C23CC4CC(CC(C4)C2)C3)c(OCC2CO2)cc1OCC1CO1. The molecule has 6 aliphatic rings. The van der Waals surface area contributed by atoms with Crippen LogP contribution in [0.2, 0.25) is 0 Å². The van der Waals surface area contributed by atoms with Gasteiger partial charge in [0.05, 0.1) is 13.2 Å². The van der Waals surface area contributed by atoms with Crippen molar-refractivity contribution in [3.8, 4) is 11.5 Å². The van der Waals surface area contributed by atoms with Crippen molar-refractivity contribution in [2.45, 2.75) is 56.1 Å². The molecule has 1 aromatic rings. The van der Waals surface area contributed by atoms with Gasteiger partial charge in [0, 0.05) is 11.6 Å². The van der Waals surface area contributed by atoms with Gasteiger partial charge in [-0.3, -0.25) is 0 Å². The fourth-order valence-corrected chi connectivity index (χ4v) is 6.29. The number of epoxide rings is 2. The Kier molecular flexibility index (Phi) is 3.56. The molecule has 2 aliphatic heterocycles. The van der Waals surface area contributed by atoms with Crippen LogP contribution >= 0.6 is 0 Å². The predicted octanol–water partition coefficient (Wildman–Crippen LogP) is 3.71. The molecule has 1 aromatic carbocycles. The lowest BCUT2D eigenvalue weighted by molar-refractivity contribution is -0.00647. The average Bonchev–Trinajstić information content (AvgIpc) is 3.52. The van der Waals surface area contributed by atoms with E-state index in [0.717, 1.165) is 42.5 Å². The molecule has 4 saturated carbocycles. The number of rotatable bonds is 7. The van der Waals surface area contributed by atoms with Gasteiger partial charge in [0.15, 0.2) is 0 Å². The molecular weight excluding hydrogens is 328 g/mol. The van der Waals surface area contributed by atoms with E-state index in [4.69, 9.17) is 18.9 Å². The van der Waals surface area contributed by atoms with Crippen LogP contribution < -0.4 is 9.47 Å². The van der Waals surface area contributed by atoms with Crippen molar-refractivity contribution in [3.63, 3.8) is 0 Å². The summed E-state index contributed by atoms with van der Waals surface area (Å²) in [6.07, 6.45) is 9.02. The zero-order chi connectivity index (χ0) is 17.1. The Morgan fingerprint density at radius 3 is 2.00 bits per heavy atom. The van der Waals surface area contributed by atoms with Gasteiger partial charge < -0.3 is 18.9 Å². The first-order valence-electron chi connectivity index (χ1n) is 10.4. The Morgan fingerprint density at radius 2 is 1.42 bits per heavy atom. The third-order valence-corrected chi connectivity index (χ3v) is 7.23. The fourth-order valence-electron chi connectivity index (χ4n) is 6.29. The highest BCUT2D eigenvalue weighted by Gasteiger charge is 2.52. The second-order valence-electron chi connectivity index (χ2n) is 9.39. The van der Waals surface area contributed by atoms with E-state index < -0.39 is 0 Å². The molecule has 4 aliphatic carbocycles. The van der Waals surface area contributed by atoms with Gasteiger partial charge in [0.25, 0.3) is 0 Å². The summed E-state index contributed by atoms with van der Waals surface area (Å²) in [6, 6.07) is 6.58. The van der Waals surface area contributed by atoms with Crippen LogP contribution in [0.25, 0.3) is 0 Å². The fraction of sp³-hybridized carbons (Fsp3) is 0.727. The van der Waals surface area contributed by atoms with Crippen LogP contribution in [0.15, 0.2) is 18.2 Å². The summed E-state index contributed by atoms with van der Waals surface area (Å²) in [5.74, 6) is 4.74. The molecule has 2 unspecified atom stereocenters. The van der Waals surface area contributed by atoms with Crippen LogP contribution in [0, 0.1) is 17.8 Å². The standard InChI is InChI=1S/C22H28O4/c1-2-20(22-7-14-3-15(8-22)5-16(4-14)9-22)21(26-13-19-12-25-19)6-17(1)23-10-18-11-24-18/h1-2,6,14-16,18-19H,3-5,7-13H2. The van der Waals surface area contributed by atoms with E-state index in [0.29, 0.717) is 18.6 Å². The van der Waals surface area contributed by atoms with Crippen LogP contribution in [0.3, 0.4) is 0 Å². The van der Waals surface area contributed by atoms with Crippen molar-refractivity contribution in [2.24, 2.45) is 17.8 Å². The number of benzene rings is 1. The highest BCUT2D eigenvalue weighted by molar-refractivity contribution is 5.46. The van der Waals surface area contributed by atoms with Crippen molar-refractivity contribution >= 4 is 0 Å². The molecule has 2 heterocycles. The van der Waals surface area contributed by atoms with E-state index in [2.05, 4.69) is 18.2 Å². The Balaban J connectivity index is 1.30. The van der Waals surface area contributed by atoms with E-state index in [9.17, 15) is 0 Å². The Bertz CT molecular complexity index is 656.